The first-order valence-electron chi connectivity index (χ1n) is 8.73. The van der Waals surface area contributed by atoms with Crippen molar-refractivity contribution in [2.75, 3.05) is 50.7 Å². The molecule has 0 unspecified atom stereocenters. The van der Waals surface area contributed by atoms with Crippen LogP contribution < -0.4 is 10.6 Å². The summed E-state index contributed by atoms with van der Waals surface area (Å²) in [6.07, 6.45) is 1.66. The fourth-order valence-corrected chi connectivity index (χ4v) is 3.53. The molecule has 3 rings (SSSR count). The SMILES string of the molecule is NC(=O)[C@@H]1CCCN(C(=O)CN2CCN(c3ccccc3)CC2)C1. The van der Waals surface area contributed by atoms with E-state index in [1.165, 1.54) is 5.69 Å². The monoisotopic (exact) mass is 330 g/mol. The van der Waals surface area contributed by atoms with E-state index in [4.69, 9.17) is 5.73 Å². The fraction of sp³-hybridized carbons (Fsp3) is 0.556. The van der Waals surface area contributed by atoms with Gasteiger partial charge in [-0.3, -0.25) is 14.5 Å². The second-order valence-corrected chi connectivity index (χ2v) is 6.68. The van der Waals surface area contributed by atoms with Gasteiger partial charge in [0, 0.05) is 45.0 Å². The van der Waals surface area contributed by atoms with Crippen LogP contribution >= 0.6 is 0 Å². The Balaban J connectivity index is 1.47. The second-order valence-electron chi connectivity index (χ2n) is 6.68. The van der Waals surface area contributed by atoms with E-state index in [9.17, 15) is 9.59 Å². The van der Waals surface area contributed by atoms with E-state index in [0.717, 1.165) is 45.6 Å². The third-order valence-corrected chi connectivity index (χ3v) is 5.03. The van der Waals surface area contributed by atoms with Crippen LogP contribution in [0.25, 0.3) is 0 Å². The number of piperidine rings is 1. The summed E-state index contributed by atoms with van der Waals surface area (Å²) in [7, 11) is 0. The van der Waals surface area contributed by atoms with Crippen LogP contribution in [0.5, 0.6) is 0 Å². The average molecular weight is 330 g/mol. The number of carbonyl (C=O) groups excluding carboxylic acids is 2. The summed E-state index contributed by atoms with van der Waals surface area (Å²) in [5.74, 6) is -0.351. The number of nitrogens with zero attached hydrogens (tertiary/aromatic N) is 3. The van der Waals surface area contributed by atoms with Crippen molar-refractivity contribution in [3.63, 3.8) is 0 Å². The van der Waals surface area contributed by atoms with Gasteiger partial charge in [0.05, 0.1) is 12.5 Å². The van der Waals surface area contributed by atoms with Gasteiger partial charge in [0.1, 0.15) is 0 Å². The van der Waals surface area contributed by atoms with E-state index in [0.29, 0.717) is 13.1 Å². The zero-order valence-corrected chi connectivity index (χ0v) is 14.1. The third-order valence-electron chi connectivity index (χ3n) is 5.03. The van der Waals surface area contributed by atoms with Gasteiger partial charge in [0.2, 0.25) is 11.8 Å². The summed E-state index contributed by atoms with van der Waals surface area (Å²) in [4.78, 5) is 30.2. The van der Waals surface area contributed by atoms with E-state index < -0.39 is 0 Å². The summed E-state index contributed by atoms with van der Waals surface area (Å²) in [5.41, 5.74) is 6.63. The molecule has 0 aliphatic carbocycles. The van der Waals surface area contributed by atoms with Crippen molar-refractivity contribution in [2.45, 2.75) is 12.8 Å². The molecular weight excluding hydrogens is 304 g/mol. The van der Waals surface area contributed by atoms with Gasteiger partial charge >= 0.3 is 0 Å². The minimum Gasteiger partial charge on any atom is -0.369 e. The number of benzene rings is 1. The van der Waals surface area contributed by atoms with Crippen LogP contribution in [-0.4, -0.2) is 67.4 Å². The number of likely N-dealkylation sites (tertiary alicyclic amines) is 1. The molecule has 1 atom stereocenters. The Kier molecular flexibility index (Phi) is 5.35. The number of hydrogen-bond donors (Lipinski definition) is 1. The van der Waals surface area contributed by atoms with Crippen molar-refractivity contribution in [1.82, 2.24) is 9.80 Å². The molecule has 2 fully saturated rings. The molecule has 2 N–H and O–H groups in total. The largest absolute Gasteiger partial charge is 0.369 e. The van der Waals surface area contributed by atoms with Crippen molar-refractivity contribution in [2.24, 2.45) is 11.7 Å². The van der Waals surface area contributed by atoms with Gasteiger partial charge in [0.15, 0.2) is 0 Å². The van der Waals surface area contributed by atoms with Crippen molar-refractivity contribution >= 4 is 17.5 Å². The number of rotatable bonds is 4. The Labute approximate surface area is 143 Å². The lowest BCUT2D eigenvalue weighted by molar-refractivity contribution is -0.136. The molecule has 2 saturated heterocycles. The third kappa shape index (κ3) is 4.06. The topological polar surface area (TPSA) is 69.9 Å². The highest BCUT2D eigenvalue weighted by molar-refractivity contribution is 5.81. The average Bonchev–Trinajstić information content (AvgIpc) is 2.63. The molecule has 0 radical (unpaired) electrons. The van der Waals surface area contributed by atoms with Crippen molar-refractivity contribution < 1.29 is 9.59 Å². The number of carbonyl (C=O) groups is 2. The molecule has 1 aromatic rings. The van der Waals surface area contributed by atoms with Crippen LogP contribution in [0, 0.1) is 5.92 Å². The quantitative estimate of drug-likeness (QED) is 0.874. The highest BCUT2D eigenvalue weighted by Gasteiger charge is 2.28. The number of amides is 2. The Morgan fingerprint density at radius 1 is 1.04 bits per heavy atom. The maximum absolute atomic E-state index is 12.5. The van der Waals surface area contributed by atoms with Gasteiger partial charge in [-0.2, -0.15) is 0 Å². The maximum Gasteiger partial charge on any atom is 0.236 e. The number of anilines is 1. The molecule has 1 aromatic carbocycles. The first-order chi connectivity index (χ1) is 11.6. The lowest BCUT2D eigenvalue weighted by Crippen LogP contribution is -2.52. The summed E-state index contributed by atoms with van der Waals surface area (Å²) < 4.78 is 0. The highest BCUT2D eigenvalue weighted by Crippen LogP contribution is 2.18. The summed E-state index contributed by atoms with van der Waals surface area (Å²) in [5, 5.41) is 0. The minimum absolute atomic E-state index is 0.120. The first kappa shape index (κ1) is 16.8. The highest BCUT2D eigenvalue weighted by atomic mass is 16.2. The van der Waals surface area contributed by atoms with Gasteiger partial charge in [-0.15, -0.1) is 0 Å². The standard InChI is InChI=1S/C18H26N4O2/c19-18(24)15-5-4-8-22(13-15)17(23)14-20-9-11-21(12-10-20)16-6-2-1-3-7-16/h1-3,6-7,15H,4-5,8-14H2,(H2,19,24)/t15-/m1/s1. The van der Waals surface area contributed by atoms with Gasteiger partial charge in [-0.05, 0) is 25.0 Å². The van der Waals surface area contributed by atoms with Gasteiger partial charge in [-0.1, -0.05) is 18.2 Å². The van der Waals surface area contributed by atoms with Crippen LogP contribution in [0.1, 0.15) is 12.8 Å². The van der Waals surface area contributed by atoms with E-state index in [1.807, 2.05) is 11.0 Å². The molecule has 2 amide bonds. The number of nitrogens with two attached hydrogens (primary N) is 1. The second kappa shape index (κ2) is 7.66. The van der Waals surface area contributed by atoms with E-state index in [1.54, 1.807) is 0 Å². The number of hydrogen-bond acceptors (Lipinski definition) is 4. The molecule has 2 aliphatic rings. The van der Waals surface area contributed by atoms with Gasteiger partial charge < -0.3 is 15.5 Å². The van der Waals surface area contributed by atoms with Crippen LogP contribution in [0.3, 0.4) is 0 Å². The van der Waals surface area contributed by atoms with Crippen LogP contribution in [0.4, 0.5) is 5.69 Å². The summed E-state index contributed by atoms with van der Waals surface area (Å²) in [6, 6.07) is 10.4. The van der Waals surface area contributed by atoms with Crippen LogP contribution in [0.15, 0.2) is 30.3 Å². The predicted molar refractivity (Wildman–Crippen MR) is 93.6 cm³/mol. The number of primary amides is 1. The normalized spacial score (nSPS) is 22.4. The van der Waals surface area contributed by atoms with Crippen molar-refractivity contribution in [1.29, 1.82) is 0 Å². The molecule has 2 aliphatic heterocycles. The van der Waals surface area contributed by atoms with Crippen LogP contribution in [0.2, 0.25) is 0 Å². The Bertz CT molecular complexity index is 570. The molecule has 0 saturated carbocycles. The van der Waals surface area contributed by atoms with E-state index in [-0.39, 0.29) is 17.7 Å². The fourth-order valence-electron chi connectivity index (χ4n) is 3.53. The molecule has 24 heavy (non-hydrogen) atoms. The van der Waals surface area contributed by atoms with Crippen molar-refractivity contribution in [3.05, 3.63) is 30.3 Å². The molecule has 6 nitrogen and oxygen atoms in total. The summed E-state index contributed by atoms with van der Waals surface area (Å²) in [6.45, 7) is 5.29. The lowest BCUT2D eigenvalue weighted by Gasteiger charge is -2.37. The maximum atomic E-state index is 12.5. The van der Waals surface area contributed by atoms with Gasteiger partial charge in [-0.25, -0.2) is 0 Å². The zero-order chi connectivity index (χ0) is 16.9. The lowest BCUT2D eigenvalue weighted by atomic mass is 9.97. The Morgan fingerprint density at radius 2 is 1.75 bits per heavy atom. The van der Waals surface area contributed by atoms with Crippen molar-refractivity contribution in [3.8, 4) is 0 Å². The molecule has 0 spiro atoms. The molecule has 0 bridgehead atoms. The zero-order valence-electron chi connectivity index (χ0n) is 14.1. The number of piperazine rings is 1. The predicted octanol–water partition coefficient (Wildman–Crippen LogP) is 0.533. The Hall–Kier alpha value is -2.08. The van der Waals surface area contributed by atoms with E-state index in [2.05, 4.69) is 34.1 Å². The molecule has 6 heteroatoms. The molecule has 2 heterocycles. The van der Waals surface area contributed by atoms with Gasteiger partial charge in [0.25, 0.3) is 0 Å². The van der Waals surface area contributed by atoms with Crippen LogP contribution in [-0.2, 0) is 9.59 Å². The van der Waals surface area contributed by atoms with E-state index >= 15 is 0 Å². The Morgan fingerprint density at radius 3 is 2.42 bits per heavy atom. The molecular formula is C18H26N4O2. The molecule has 130 valence electrons. The summed E-state index contributed by atoms with van der Waals surface area (Å²) >= 11 is 0. The first-order valence-corrected chi connectivity index (χ1v) is 8.73. The molecule has 0 aromatic heterocycles. The minimum atomic E-state index is -0.288. The smallest absolute Gasteiger partial charge is 0.236 e. The number of para-hydroxylation sites is 1.